The van der Waals surface area contributed by atoms with Gasteiger partial charge in [0.2, 0.25) is 5.91 Å². The average Bonchev–Trinajstić information content (AvgIpc) is 2.50. The summed E-state index contributed by atoms with van der Waals surface area (Å²) in [6.07, 6.45) is 0. The van der Waals surface area contributed by atoms with Gasteiger partial charge in [0, 0.05) is 5.75 Å². The number of benzene rings is 2. The third-order valence-corrected chi connectivity index (χ3v) is 4.20. The van der Waals surface area contributed by atoms with Crippen LogP contribution in [0, 0.1) is 5.82 Å². The molecule has 0 saturated carbocycles. The highest BCUT2D eigenvalue weighted by Gasteiger charge is 2.07. The zero-order valence-electron chi connectivity index (χ0n) is 11.9. The van der Waals surface area contributed by atoms with Crippen LogP contribution in [0.5, 0.6) is 5.75 Å². The van der Waals surface area contributed by atoms with Crippen LogP contribution in [0.1, 0.15) is 5.56 Å². The van der Waals surface area contributed by atoms with Crippen LogP contribution in [-0.4, -0.2) is 18.8 Å². The minimum absolute atomic E-state index is 0.146. The third kappa shape index (κ3) is 4.64. The highest BCUT2D eigenvalue weighted by molar-refractivity contribution is 7.99. The van der Waals surface area contributed by atoms with Crippen LogP contribution in [0.15, 0.2) is 42.5 Å². The maximum atomic E-state index is 13.5. The number of hydrogen-bond donors (Lipinski definition) is 1. The molecular weight excluding hydrogens is 325 g/mol. The van der Waals surface area contributed by atoms with Crippen molar-refractivity contribution in [2.45, 2.75) is 5.75 Å². The fraction of sp³-hybridized carbons (Fsp3) is 0.188. The van der Waals surface area contributed by atoms with Gasteiger partial charge in [0.15, 0.2) is 11.6 Å². The molecule has 0 aliphatic heterocycles. The van der Waals surface area contributed by atoms with Crippen molar-refractivity contribution in [2.24, 2.45) is 0 Å². The molecule has 1 N–H and O–H groups in total. The molecule has 0 saturated heterocycles. The Morgan fingerprint density at radius 3 is 2.77 bits per heavy atom. The van der Waals surface area contributed by atoms with E-state index < -0.39 is 5.82 Å². The van der Waals surface area contributed by atoms with Crippen molar-refractivity contribution in [3.05, 3.63) is 58.9 Å². The molecule has 0 aliphatic rings. The van der Waals surface area contributed by atoms with Gasteiger partial charge in [-0.2, -0.15) is 0 Å². The van der Waals surface area contributed by atoms with Gasteiger partial charge in [-0.1, -0.05) is 29.8 Å². The number of nitrogens with one attached hydrogen (secondary N) is 1. The summed E-state index contributed by atoms with van der Waals surface area (Å²) >= 11 is 7.37. The van der Waals surface area contributed by atoms with Gasteiger partial charge in [0.05, 0.1) is 23.6 Å². The second kappa shape index (κ2) is 8.06. The number of ether oxygens (including phenoxy) is 1. The van der Waals surface area contributed by atoms with Crippen molar-refractivity contribution in [3.63, 3.8) is 0 Å². The molecule has 2 rings (SSSR count). The molecule has 0 aliphatic carbocycles. The molecule has 0 aromatic heterocycles. The number of hydrogen-bond acceptors (Lipinski definition) is 3. The first kappa shape index (κ1) is 16.6. The summed E-state index contributed by atoms with van der Waals surface area (Å²) in [5.74, 6) is 0.467. The van der Waals surface area contributed by atoms with Gasteiger partial charge in [0.25, 0.3) is 0 Å². The topological polar surface area (TPSA) is 38.3 Å². The monoisotopic (exact) mass is 339 g/mol. The van der Waals surface area contributed by atoms with Crippen LogP contribution >= 0.6 is 23.4 Å². The van der Waals surface area contributed by atoms with Crippen LogP contribution in [0.3, 0.4) is 0 Å². The SMILES string of the molecule is COc1ccc(CSCC(=O)Nc2ccccc2Cl)cc1F. The molecule has 0 heterocycles. The maximum Gasteiger partial charge on any atom is 0.234 e. The number of rotatable bonds is 6. The van der Waals surface area contributed by atoms with E-state index in [2.05, 4.69) is 5.32 Å². The summed E-state index contributed by atoms with van der Waals surface area (Å²) in [4.78, 5) is 11.8. The first-order valence-corrected chi connectivity index (χ1v) is 8.08. The van der Waals surface area contributed by atoms with Crippen molar-refractivity contribution in [1.82, 2.24) is 0 Å². The van der Waals surface area contributed by atoms with Crippen molar-refractivity contribution >= 4 is 35.0 Å². The Bertz CT molecular complexity index is 666. The predicted octanol–water partition coefficient (Wildman–Crippen LogP) is 4.36. The zero-order chi connectivity index (χ0) is 15.9. The number of carbonyl (C=O) groups excluding carboxylic acids is 1. The summed E-state index contributed by atoms with van der Waals surface area (Å²) in [5, 5.41) is 3.24. The number of anilines is 1. The van der Waals surface area contributed by atoms with Crippen molar-refractivity contribution in [1.29, 1.82) is 0 Å². The van der Waals surface area contributed by atoms with Crippen molar-refractivity contribution in [2.75, 3.05) is 18.2 Å². The van der Waals surface area contributed by atoms with Gasteiger partial charge in [-0.3, -0.25) is 4.79 Å². The van der Waals surface area contributed by atoms with E-state index in [-0.39, 0.29) is 17.4 Å². The maximum absolute atomic E-state index is 13.5. The van der Waals surface area contributed by atoms with Crippen LogP contribution in [0.25, 0.3) is 0 Å². The molecule has 22 heavy (non-hydrogen) atoms. The number of carbonyl (C=O) groups is 1. The summed E-state index contributed by atoms with van der Waals surface area (Å²) in [6, 6.07) is 11.8. The third-order valence-electron chi connectivity index (χ3n) is 2.87. The number of thioether (sulfide) groups is 1. The second-order valence-electron chi connectivity index (χ2n) is 4.49. The Balaban J connectivity index is 1.82. The molecule has 0 atom stereocenters. The fourth-order valence-corrected chi connectivity index (χ4v) is 2.77. The molecule has 0 radical (unpaired) electrons. The lowest BCUT2D eigenvalue weighted by molar-refractivity contribution is -0.113. The smallest absolute Gasteiger partial charge is 0.234 e. The van der Waals surface area contributed by atoms with Gasteiger partial charge >= 0.3 is 0 Å². The van der Waals surface area contributed by atoms with Crippen LogP contribution < -0.4 is 10.1 Å². The Hall–Kier alpha value is -1.72. The van der Waals surface area contributed by atoms with E-state index in [4.69, 9.17) is 16.3 Å². The van der Waals surface area contributed by atoms with Gasteiger partial charge in [-0.05, 0) is 29.8 Å². The molecule has 0 bridgehead atoms. The molecular formula is C16H15ClFNO2S. The van der Waals surface area contributed by atoms with E-state index in [1.54, 1.807) is 36.4 Å². The lowest BCUT2D eigenvalue weighted by Crippen LogP contribution is -2.14. The van der Waals surface area contributed by atoms with E-state index in [0.717, 1.165) is 5.56 Å². The summed E-state index contributed by atoms with van der Waals surface area (Å²) < 4.78 is 18.4. The minimum Gasteiger partial charge on any atom is -0.494 e. The second-order valence-corrected chi connectivity index (χ2v) is 5.88. The molecule has 0 unspecified atom stereocenters. The quantitative estimate of drug-likeness (QED) is 0.849. The Morgan fingerprint density at radius 2 is 2.09 bits per heavy atom. The Kier molecular flexibility index (Phi) is 6.10. The predicted molar refractivity (Wildman–Crippen MR) is 89.2 cm³/mol. The van der Waals surface area contributed by atoms with Gasteiger partial charge in [-0.25, -0.2) is 4.39 Å². The van der Waals surface area contributed by atoms with Gasteiger partial charge < -0.3 is 10.1 Å². The largest absolute Gasteiger partial charge is 0.494 e. The Labute approximate surface area is 137 Å². The van der Waals surface area contributed by atoms with E-state index in [1.165, 1.54) is 24.9 Å². The number of methoxy groups -OCH3 is 1. The molecule has 2 aromatic carbocycles. The van der Waals surface area contributed by atoms with E-state index in [9.17, 15) is 9.18 Å². The molecule has 2 aromatic rings. The summed E-state index contributed by atoms with van der Waals surface area (Å²) in [5.41, 5.74) is 1.39. The van der Waals surface area contributed by atoms with Crippen molar-refractivity contribution < 1.29 is 13.9 Å². The highest BCUT2D eigenvalue weighted by Crippen LogP contribution is 2.22. The minimum atomic E-state index is -0.402. The molecule has 0 spiro atoms. The lowest BCUT2D eigenvalue weighted by atomic mass is 10.2. The first-order chi connectivity index (χ1) is 10.6. The fourth-order valence-electron chi connectivity index (χ4n) is 1.81. The van der Waals surface area contributed by atoms with Gasteiger partial charge in [0.1, 0.15) is 0 Å². The van der Waals surface area contributed by atoms with Gasteiger partial charge in [-0.15, -0.1) is 11.8 Å². The first-order valence-electron chi connectivity index (χ1n) is 6.54. The van der Waals surface area contributed by atoms with Crippen LogP contribution in [-0.2, 0) is 10.5 Å². The van der Waals surface area contributed by atoms with E-state index in [0.29, 0.717) is 16.5 Å². The average molecular weight is 340 g/mol. The van der Waals surface area contributed by atoms with E-state index >= 15 is 0 Å². The van der Waals surface area contributed by atoms with Crippen LogP contribution in [0.4, 0.5) is 10.1 Å². The van der Waals surface area contributed by atoms with Crippen molar-refractivity contribution in [3.8, 4) is 5.75 Å². The number of amides is 1. The number of para-hydroxylation sites is 1. The molecule has 116 valence electrons. The summed E-state index contributed by atoms with van der Waals surface area (Å²) in [6.45, 7) is 0. The standard InChI is InChI=1S/C16H15ClFNO2S/c1-21-15-7-6-11(8-13(15)18)9-22-10-16(20)19-14-5-3-2-4-12(14)17/h2-8H,9-10H2,1H3,(H,19,20). The zero-order valence-corrected chi connectivity index (χ0v) is 13.5. The molecule has 1 amide bonds. The number of halogens is 2. The Morgan fingerprint density at radius 1 is 1.32 bits per heavy atom. The normalized spacial score (nSPS) is 10.3. The van der Waals surface area contributed by atoms with E-state index in [1.807, 2.05) is 0 Å². The summed E-state index contributed by atoms with van der Waals surface area (Å²) in [7, 11) is 1.42. The highest BCUT2D eigenvalue weighted by atomic mass is 35.5. The molecule has 6 heteroatoms. The molecule has 0 fully saturated rings. The lowest BCUT2D eigenvalue weighted by Gasteiger charge is -2.07. The van der Waals surface area contributed by atoms with Crippen LogP contribution in [0.2, 0.25) is 5.02 Å². The molecule has 3 nitrogen and oxygen atoms in total.